The number of likely N-dealkylation sites (N-methyl/N-ethyl adjacent to an activating group) is 2. The van der Waals surface area contributed by atoms with Gasteiger partial charge in [0.1, 0.15) is 29.7 Å². The molecule has 1 aliphatic carbocycles. The van der Waals surface area contributed by atoms with Gasteiger partial charge in [-0.15, -0.1) is 0 Å². The second kappa shape index (κ2) is 9.42. The topological polar surface area (TPSA) is 145 Å². The van der Waals surface area contributed by atoms with Gasteiger partial charge in [0.05, 0.1) is 24.3 Å². The lowest BCUT2D eigenvalue weighted by Gasteiger charge is -2.60. The fourth-order valence-corrected chi connectivity index (χ4v) is 5.27. The molecule has 4 rings (SSSR count). The van der Waals surface area contributed by atoms with Crippen molar-refractivity contribution in [3.63, 3.8) is 0 Å². The maximum Gasteiger partial charge on any atom is 0.249 e. The van der Waals surface area contributed by atoms with Crippen LogP contribution in [0.5, 0.6) is 0 Å². The summed E-state index contributed by atoms with van der Waals surface area (Å²) in [5.74, 6) is -2.68. The molecular weight excluding hydrogens is 437 g/mol. The van der Waals surface area contributed by atoms with E-state index in [4.69, 9.17) is 14.2 Å². The van der Waals surface area contributed by atoms with Gasteiger partial charge in [-0.3, -0.25) is 0 Å². The van der Waals surface area contributed by atoms with Gasteiger partial charge in [-0.25, -0.2) is 4.39 Å². The van der Waals surface area contributed by atoms with Crippen molar-refractivity contribution in [2.45, 2.75) is 80.2 Å². The molecule has 33 heavy (non-hydrogen) atoms. The number of aliphatic hydroxyl groups excluding tert-OH is 2. The second-order valence-corrected chi connectivity index (χ2v) is 9.20. The van der Waals surface area contributed by atoms with Gasteiger partial charge < -0.3 is 50.6 Å². The Morgan fingerprint density at radius 1 is 1.03 bits per heavy atom. The molecule has 10 unspecified atom stereocenters. The van der Waals surface area contributed by atoms with E-state index in [2.05, 4.69) is 16.0 Å². The van der Waals surface area contributed by atoms with E-state index < -0.39 is 60.3 Å². The molecule has 0 aromatic heterocycles. The largest absolute Gasteiger partial charge is 0.390 e. The summed E-state index contributed by atoms with van der Waals surface area (Å²) in [7, 11) is 3.24. The molecule has 10 atom stereocenters. The molecule has 3 fully saturated rings. The van der Waals surface area contributed by atoms with Crippen LogP contribution in [0.3, 0.4) is 0 Å². The summed E-state index contributed by atoms with van der Waals surface area (Å²) in [6.07, 6.45) is -6.01. The van der Waals surface area contributed by atoms with Gasteiger partial charge in [-0.1, -0.05) is 18.2 Å². The van der Waals surface area contributed by atoms with E-state index >= 15 is 0 Å². The van der Waals surface area contributed by atoms with E-state index in [0.717, 1.165) is 0 Å². The Labute approximate surface area is 192 Å². The number of hydrogen-bond acceptors (Lipinski definition) is 10. The van der Waals surface area contributed by atoms with Gasteiger partial charge in [0.15, 0.2) is 0 Å². The standard InChI is InChI=1S/C22H34FN3O7/c1-11-8-21(29,10-26-9-12-6-4-5-7-13(12)23)22(30)20(31-11)32-19-17(28)14(24-2)16(27)15(25-3)18(19)33-22/h4-7,11,14-20,24-30H,8-10H2,1-3H3. The van der Waals surface area contributed by atoms with E-state index in [1.165, 1.54) is 6.07 Å². The quantitative estimate of drug-likeness (QED) is 0.253. The van der Waals surface area contributed by atoms with Crippen molar-refractivity contribution in [1.82, 2.24) is 16.0 Å². The number of hydrogen-bond donors (Lipinski definition) is 7. The average molecular weight is 472 g/mol. The first-order valence-corrected chi connectivity index (χ1v) is 11.2. The Kier molecular flexibility index (Phi) is 7.10. The fourth-order valence-electron chi connectivity index (χ4n) is 5.27. The molecule has 0 spiro atoms. The highest BCUT2D eigenvalue weighted by molar-refractivity contribution is 5.17. The lowest BCUT2D eigenvalue weighted by molar-refractivity contribution is -0.482. The molecule has 2 aliphatic heterocycles. The highest BCUT2D eigenvalue weighted by atomic mass is 19.1. The van der Waals surface area contributed by atoms with Crippen LogP contribution in [0.15, 0.2) is 24.3 Å². The predicted octanol–water partition coefficient (Wildman–Crippen LogP) is -1.83. The van der Waals surface area contributed by atoms with Crippen LogP contribution in [0.2, 0.25) is 0 Å². The first kappa shape index (κ1) is 24.9. The van der Waals surface area contributed by atoms with Crippen molar-refractivity contribution in [2.24, 2.45) is 0 Å². The van der Waals surface area contributed by atoms with Crippen LogP contribution in [0.25, 0.3) is 0 Å². The highest BCUT2D eigenvalue weighted by Crippen LogP contribution is 2.46. The van der Waals surface area contributed by atoms with E-state index in [0.29, 0.717) is 5.56 Å². The van der Waals surface area contributed by atoms with Crippen LogP contribution >= 0.6 is 0 Å². The van der Waals surface area contributed by atoms with E-state index in [1.54, 1.807) is 39.2 Å². The van der Waals surface area contributed by atoms with Crippen LogP contribution < -0.4 is 16.0 Å². The van der Waals surface area contributed by atoms with E-state index in [1.807, 2.05) is 0 Å². The number of fused-ring (bicyclic) bond motifs is 2. The van der Waals surface area contributed by atoms with Crippen LogP contribution in [-0.4, -0.2) is 101 Å². The molecule has 1 aromatic rings. The number of benzene rings is 1. The minimum absolute atomic E-state index is 0.0134. The van der Waals surface area contributed by atoms with Gasteiger partial charge in [0.2, 0.25) is 12.1 Å². The van der Waals surface area contributed by atoms with Crippen LogP contribution in [0.4, 0.5) is 4.39 Å². The lowest BCUT2D eigenvalue weighted by atomic mass is 9.77. The molecule has 1 aromatic carbocycles. The zero-order valence-corrected chi connectivity index (χ0v) is 18.9. The number of halogens is 1. The molecule has 10 nitrogen and oxygen atoms in total. The van der Waals surface area contributed by atoms with Crippen molar-refractivity contribution in [3.8, 4) is 0 Å². The number of ether oxygens (including phenoxy) is 3. The molecule has 0 bridgehead atoms. The summed E-state index contributed by atoms with van der Waals surface area (Å²) in [6.45, 7) is 1.71. The Bertz CT molecular complexity index is 837. The third kappa shape index (κ3) is 4.20. The fraction of sp³-hybridized carbons (Fsp3) is 0.727. The summed E-state index contributed by atoms with van der Waals surface area (Å²) >= 11 is 0. The second-order valence-electron chi connectivity index (χ2n) is 9.20. The van der Waals surface area contributed by atoms with Gasteiger partial charge in [0.25, 0.3) is 0 Å². The molecule has 2 saturated heterocycles. The molecule has 0 radical (unpaired) electrons. The normalized spacial score (nSPS) is 45.3. The van der Waals surface area contributed by atoms with Crippen molar-refractivity contribution >= 4 is 0 Å². The van der Waals surface area contributed by atoms with Gasteiger partial charge >= 0.3 is 0 Å². The Hall–Kier alpha value is -1.25. The zero-order valence-electron chi connectivity index (χ0n) is 18.9. The van der Waals surface area contributed by atoms with Crippen molar-refractivity contribution < 1.29 is 39.0 Å². The number of rotatable bonds is 6. The van der Waals surface area contributed by atoms with Gasteiger partial charge in [0, 0.05) is 25.1 Å². The first-order chi connectivity index (χ1) is 15.6. The molecular formula is C22H34FN3O7. The van der Waals surface area contributed by atoms with Crippen LogP contribution in [-0.2, 0) is 20.8 Å². The third-order valence-corrected chi connectivity index (χ3v) is 7.04. The number of nitrogens with one attached hydrogen (secondary N) is 3. The maximum atomic E-state index is 14.0. The highest BCUT2D eigenvalue weighted by Gasteiger charge is 2.68. The minimum atomic E-state index is -2.30. The molecule has 186 valence electrons. The van der Waals surface area contributed by atoms with E-state index in [9.17, 15) is 24.8 Å². The molecule has 7 N–H and O–H groups in total. The Morgan fingerprint density at radius 3 is 2.39 bits per heavy atom. The molecule has 2 heterocycles. The van der Waals surface area contributed by atoms with Crippen LogP contribution in [0, 0.1) is 5.82 Å². The van der Waals surface area contributed by atoms with Gasteiger partial charge in [-0.05, 0) is 27.1 Å². The van der Waals surface area contributed by atoms with Crippen LogP contribution in [0.1, 0.15) is 18.9 Å². The monoisotopic (exact) mass is 471 g/mol. The van der Waals surface area contributed by atoms with Crippen molar-refractivity contribution in [1.29, 1.82) is 0 Å². The Balaban J connectivity index is 1.57. The zero-order chi connectivity index (χ0) is 24.0. The molecule has 0 amide bonds. The molecule has 3 aliphatic rings. The SMILES string of the molecule is CNC1C(O)C(NC)C2OC3(O)C(OC(C)CC3(O)CNCc3ccccc3F)OC2C1O. The summed E-state index contributed by atoms with van der Waals surface area (Å²) in [4.78, 5) is 0. The molecule has 1 saturated carbocycles. The average Bonchev–Trinajstić information content (AvgIpc) is 2.76. The lowest BCUT2D eigenvalue weighted by Crippen LogP contribution is -2.81. The summed E-state index contributed by atoms with van der Waals surface area (Å²) in [6, 6.07) is 4.86. The maximum absolute atomic E-state index is 14.0. The summed E-state index contributed by atoms with van der Waals surface area (Å²) in [5, 5.41) is 53.6. The third-order valence-electron chi connectivity index (χ3n) is 7.04. The number of aliphatic hydroxyl groups is 4. The van der Waals surface area contributed by atoms with Crippen molar-refractivity contribution in [3.05, 3.63) is 35.6 Å². The summed E-state index contributed by atoms with van der Waals surface area (Å²) < 4.78 is 31.8. The molecule has 11 heteroatoms. The first-order valence-electron chi connectivity index (χ1n) is 11.2. The van der Waals surface area contributed by atoms with E-state index in [-0.39, 0.29) is 25.3 Å². The predicted molar refractivity (Wildman–Crippen MR) is 114 cm³/mol. The minimum Gasteiger partial charge on any atom is -0.390 e. The summed E-state index contributed by atoms with van der Waals surface area (Å²) in [5.41, 5.74) is -1.45. The van der Waals surface area contributed by atoms with Gasteiger partial charge in [-0.2, -0.15) is 0 Å². The van der Waals surface area contributed by atoms with Crippen molar-refractivity contribution in [2.75, 3.05) is 20.6 Å². The Morgan fingerprint density at radius 2 is 1.73 bits per heavy atom. The smallest absolute Gasteiger partial charge is 0.249 e.